The van der Waals surface area contributed by atoms with Crippen LogP contribution in [0.1, 0.15) is 37.6 Å². The monoisotopic (exact) mass is 415 g/mol. The molecule has 5 heteroatoms. The highest BCUT2D eigenvalue weighted by Crippen LogP contribution is 2.44. The number of hydrogen-bond acceptors (Lipinski definition) is 5. The summed E-state index contributed by atoms with van der Waals surface area (Å²) in [6.45, 7) is 7.42. The van der Waals surface area contributed by atoms with Crippen LogP contribution in [0.15, 0.2) is 54.0 Å². The molecule has 3 aromatic rings. The zero-order valence-corrected chi connectivity index (χ0v) is 18.2. The number of thiazole rings is 1. The van der Waals surface area contributed by atoms with Crippen LogP contribution in [-0.4, -0.2) is 53.8 Å². The second-order valence-electron chi connectivity index (χ2n) is 8.17. The van der Waals surface area contributed by atoms with Crippen molar-refractivity contribution in [3.05, 3.63) is 86.9 Å². The minimum Gasteiger partial charge on any atom is -0.304 e. The summed E-state index contributed by atoms with van der Waals surface area (Å²) in [4.78, 5) is 23.8. The third-order valence-electron chi connectivity index (χ3n) is 6.14. The van der Waals surface area contributed by atoms with Crippen molar-refractivity contribution >= 4 is 28.3 Å². The highest BCUT2D eigenvalue weighted by Gasteiger charge is 2.32. The van der Waals surface area contributed by atoms with E-state index in [1.165, 1.54) is 5.56 Å². The van der Waals surface area contributed by atoms with Crippen molar-refractivity contribution in [3.8, 4) is 0 Å². The second kappa shape index (κ2) is 7.91. The third-order valence-corrected chi connectivity index (χ3v) is 7.08. The van der Waals surface area contributed by atoms with Gasteiger partial charge in [0.25, 0.3) is 0 Å². The molecule has 1 fully saturated rings. The molecular weight excluding hydrogens is 390 g/mol. The molecule has 0 bridgehead atoms. The molecule has 0 radical (unpaired) electrons. The summed E-state index contributed by atoms with van der Waals surface area (Å²) in [6.07, 6.45) is 0. The molecule has 152 valence electrons. The van der Waals surface area contributed by atoms with Crippen molar-refractivity contribution in [1.29, 1.82) is 0 Å². The number of benzene rings is 2. The van der Waals surface area contributed by atoms with Gasteiger partial charge in [-0.25, -0.2) is 4.98 Å². The first kappa shape index (κ1) is 19.4. The van der Waals surface area contributed by atoms with Gasteiger partial charge in [-0.2, -0.15) is 0 Å². The molecule has 0 N–H and O–H groups in total. The molecule has 0 spiro atoms. The average Bonchev–Trinajstić information content (AvgIpc) is 3.31. The maximum Gasteiger partial charge on any atom is 0.194 e. The van der Waals surface area contributed by atoms with Gasteiger partial charge in [-0.3, -0.25) is 9.69 Å². The van der Waals surface area contributed by atoms with Crippen molar-refractivity contribution in [2.45, 2.75) is 13.5 Å². The van der Waals surface area contributed by atoms with Gasteiger partial charge >= 0.3 is 0 Å². The van der Waals surface area contributed by atoms with Gasteiger partial charge in [0.15, 0.2) is 5.78 Å². The van der Waals surface area contributed by atoms with E-state index in [-0.39, 0.29) is 5.78 Å². The number of rotatable bonds is 4. The van der Waals surface area contributed by atoms with Gasteiger partial charge in [-0.05, 0) is 30.7 Å². The molecule has 1 aliphatic carbocycles. The highest BCUT2D eigenvalue weighted by molar-refractivity contribution is 7.11. The summed E-state index contributed by atoms with van der Waals surface area (Å²) >= 11 is 1.61. The van der Waals surface area contributed by atoms with E-state index in [4.69, 9.17) is 0 Å². The van der Waals surface area contributed by atoms with E-state index in [1.54, 1.807) is 11.3 Å². The Morgan fingerprint density at radius 3 is 2.30 bits per heavy atom. The molecule has 1 aromatic heterocycles. The Morgan fingerprint density at radius 2 is 1.63 bits per heavy atom. The lowest BCUT2D eigenvalue weighted by molar-refractivity contribution is 0.105. The number of piperazine rings is 1. The number of nitrogens with zero attached hydrogens (tertiary/aromatic N) is 3. The quantitative estimate of drug-likeness (QED) is 0.635. The molecule has 4 nitrogen and oxygen atoms in total. The Morgan fingerprint density at radius 1 is 0.933 bits per heavy atom. The van der Waals surface area contributed by atoms with E-state index in [2.05, 4.69) is 52.2 Å². The summed E-state index contributed by atoms with van der Waals surface area (Å²) in [5.41, 5.74) is 8.76. The van der Waals surface area contributed by atoms with E-state index >= 15 is 0 Å². The van der Waals surface area contributed by atoms with Gasteiger partial charge in [0.1, 0.15) is 0 Å². The Bertz CT molecular complexity index is 1120. The van der Waals surface area contributed by atoms with Gasteiger partial charge in [0.2, 0.25) is 0 Å². The van der Waals surface area contributed by atoms with Gasteiger partial charge < -0.3 is 4.90 Å². The fourth-order valence-corrected chi connectivity index (χ4v) is 5.25. The smallest absolute Gasteiger partial charge is 0.194 e. The first-order valence-electron chi connectivity index (χ1n) is 10.4. The predicted octanol–water partition coefficient (Wildman–Crippen LogP) is 4.35. The maximum atomic E-state index is 13.4. The maximum absolute atomic E-state index is 13.4. The minimum atomic E-state index is 0.111. The lowest BCUT2D eigenvalue weighted by Crippen LogP contribution is -2.43. The van der Waals surface area contributed by atoms with Gasteiger partial charge in [0, 0.05) is 49.4 Å². The number of aromatic nitrogens is 1. The number of ketones is 1. The molecule has 2 aromatic carbocycles. The number of carbonyl (C=O) groups excluding carboxylic acids is 1. The minimum absolute atomic E-state index is 0.111. The van der Waals surface area contributed by atoms with Crippen molar-refractivity contribution in [2.75, 3.05) is 33.2 Å². The lowest BCUT2D eigenvalue weighted by atomic mass is 9.97. The largest absolute Gasteiger partial charge is 0.304 e. The molecule has 0 atom stereocenters. The van der Waals surface area contributed by atoms with E-state index in [1.807, 2.05) is 30.6 Å². The number of hydrogen-bond donors (Lipinski definition) is 0. The Labute approximate surface area is 181 Å². The van der Waals surface area contributed by atoms with Gasteiger partial charge in [-0.15, -0.1) is 11.3 Å². The molecule has 0 saturated carbocycles. The van der Waals surface area contributed by atoms with Crippen LogP contribution in [0.3, 0.4) is 0 Å². The number of fused-ring (bicyclic) bond motifs is 1. The zero-order valence-electron chi connectivity index (χ0n) is 17.4. The molecule has 0 unspecified atom stereocenters. The topological polar surface area (TPSA) is 36.4 Å². The van der Waals surface area contributed by atoms with Gasteiger partial charge in [0.05, 0.1) is 16.1 Å². The molecule has 5 rings (SSSR count). The fraction of sp³-hybridized carbons (Fsp3) is 0.280. The molecule has 30 heavy (non-hydrogen) atoms. The average molecular weight is 416 g/mol. The van der Waals surface area contributed by atoms with E-state index in [0.717, 1.165) is 71.1 Å². The number of carbonyl (C=O) groups is 1. The van der Waals surface area contributed by atoms with Crippen LogP contribution < -0.4 is 0 Å². The number of Topliss-reactive ketones (excluding diaryl/α,β-unsaturated/α-hetero) is 1. The Balaban J connectivity index is 1.50. The SMILES string of the molecule is Cc1ncsc1C1=C(c2ccc(CN3CCN(C)CC3)cc2)C(=O)c2ccccc21. The summed E-state index contributed by atoms with van der Waals surface area (Å²) < 4.78 is 0. The van der Waals surface area contributed by atoms with Crippen molar-refractivity contribution in [1.82, 2.24) is 14.8 Å². The highest BCUT2D eigenvalue weighted by atomic mass is 32.1. The number of aryl methyl sites for hydroxylation is 1. The van der Waals surface area contributed by atoms with Gasteiger partial charge in [-0.1, -0.05) is 48.5 Å². The summed E-state index contributed by atoms with van der Waals surface area (Å²) in [5.74, 6) is 0.111. The fourth-order valence-electron chi connectivity index (χ4n) is 4.38. The summed E-state index contributed by atoms with van der Waals surface area (Å²) in [5, 5.41) is 0. The van der Waals surface area contributed by atoms with Crippen LogP contribution >= 0.6 is 11.3 Å². The van der Waals surface area contributed by atoms with Crippen LogP contribution in [0.5, 0.6) is 0 Å². The lowest BCUT2D eigenvalue weighted by Gasteiger charge is -2.32. The zero-order chi connectivity index (χ0) is 20.7. The normalized spacial score (nSPS) is 17.6. The van der Waals surface area contributed by atoms with Crippen LogP contribution in [0, 0.1) is 6.92 Å². The molecule has 2 heterocycles. The van der Waals surface area contributed by atoms with E-state index in [0.29, 0.717) is 0 Å². The van der Waals surface area contributed by atoms with Crippen molar-refractivity contribution in [2.24, 2.45) is 0 Å². The van der Waals surface area contributed by atoms with Crippen LogP contribution in [0.4, 0.5) is 0 Å². The predicted molar refractivity (Wildman–Crippen MR) is 123 cm³/mol. The van der Waals surface area contributed by atoms with E-state index in [9.17, 15) is 4.79 Å². The van der Waals surface area contributed by atoms with Crippen molar-refractivity contribution < 1.29 is 4.79 Å². The molecule has 1 saturated heterocycles. The van der Waals surface area contributed by atoms with Crippen LogP contribution in [0.25, 0.3) is 11.1 Å². The standard InChI is InChI=1S/C25H25N3OS/c1-17-25(30-16-26-17)23-20-5-3-4-6-21(20)24(29)22(23)19-9-7-18(8-10-19)15-28-13-11-27(2)12-14-28/h3-10,16H,11-15H2,1-2H3. The van der Waals surface area contributed by atoms with Crippen LogP contribution in [-0.2, 0) is 6.54 Å². The molecule has 2 aliphatic rings. The first-order chi connectivity index (χ1) is 14.6. The third kappa shape index (κ3) is 3.43. The van der Waals surface area contributed by atoms with Crippen molar-refractivity contribution in [3.63, 3.8) is 0 Å². The Kier molecular flexibility index (Phi) is 5.11. The number of allylic oxidation sites excluding steroid dienone is 1. The first-order valence-corrected chi connectivity index (χ1v) is 11.3. The Hall–Kier alpha value is -2.60. The summed E-state index contributed by atoms with van der Waals surface area (Å²) in [6, 6.07) is 16.5. The van der Waals surface area contributed by atoms with E-state index < -0.39 is 0 Å². The molecule has 0 amide bonds. The van der Waals surface area contributed by atoms with Crippen LogP contribution in [0.2, 0.25) is 0 Å². The second-order valence-corrected chi connectivity index (χ2v) is 9.02. The molecular formula is C25H25N3OS. The number of likely N-dealkylation sites (N-methyl/N-ethyl adjacent to an activating group) is 1. The summed E-state index contributed by atoms with van der Waals surface area (Å²) in [7, 11) is 2.18. The molecule has 1 aliphatic heterocycles.